The lowest BCUT2D eigenvalue weighted by Gasteiger charge is -2.46. The molecule has 17 heavy (non-hydrogen) atoms. The molecule has 0 radical (unpaired) electrons. The van der Waals surface area contributed by atoms with E-state index in [1.165, 1.54) is 51.4 Å². The van der Waals surface area contributed by atoms with Gasteiger partial charge in [0.2, 0.25) is 0 Å². The molecule has 0 N–H and O–H groups in total. The highest BCUT2D eigenvalue weighted by Gasteiger charge is 2.39. The minimum Gasteiger partial charge on any atom is -0.0599 e. The summed E-state index contributed by atoms with van der Waals surface area (Å²) in [7, 11) is 0. The van der Waals surface area contributed by atoms with Crippen LogP contribution in [0.4, 0.5) is 0 Å². The van der Waals surface area contributed by atoms with E-state index in [1.54, 1.807) is 19.3 Å². The van der Waals surface area contributed by atoms with Gasteiger partial charge in [-0.15, -0.1) is 0 Å². The monoisotopic (exact) mass is 236 g/mol. The van der Waals surface area contributed by atoms with Crippen molar-refractivity contribution in [2.24, 2.45) is 16.7 Å². The van der Waals surface area contributed by atoms with Crippen LogP contribution in [0.15, 0.2) is 0 Å². The van der Waals surface area contributed by atoms with Gasteiger partial charge in [-0.2, -0.15) is 0 Å². The van der Waals surface area contributed by atoms with Crippen molar-refractivity contribution in [3.05, 3.63) is 0 Å². The topological polar surface area (TPSA) is 0 Å². The molecule has 0 aromatic heterocycles. The molecule has 2 fully saturated rings. The fourth-order valence-corrected chi connectivity index (χ4v) is 4.30. The summed E-state index contributed by atoms with van der Waals surface area (Å²) in [4.78, 5) is 0. The lowest BCUT2D eigenvalue weighted by molar-refractivity contribution is 0.0493. The van der Waals surface area contributed by atoms with E-state index >= 15 is 0 Å². The molecule has 1 spiro atoms. The molecule has 0 bridgehead atoms. The highest BCUT2D eigenvalue weighted by Crippen LogP contribution is 2.51. The van der Waals surface area contributed by atoms with Gasteiger partial charge in [0, 0.05) is 0 Å². The second kappa shape index (κ2) is 5.33. The molecule has 1 atom stereocenters. The van der Waals surface area contributed by atoms with Gasteiger partial charge in [0.05, 0.1) is 0 Å². The second-order valence-electron chi connectivity index (χ2n) is 7.93. The zero-order chi connectivity index (χ0) is 12.4. The summed E-state index contributed by atoms with van der Waals surface area (Å²) in [5.74, 6) is 0.982. The average Bonchev–Trinajstić information content (AvgIpc) is 2.24. The highest BCUT2D eigenvalue weighted by molar-refractivity contribution is 4.90. The summed E-state index contributed by atoms with van der Waals surface area (Å²) in [5, 5.41) is 0. The van der Waals surface area contributed by atoms with E-state index in [-0.39, 0.29) is 0 Å². The van der Waals surface area contributed by atoms with Crippen LogP contribution in [-0.2, 0) is 0 Å². The summed E-state index contributed by atoms with van der Waals surface area (Å²) in [6, 6.07) is 0. The normalized spacial score (nSPS) is 30.9. The van der Waals surface area contributed by atoms with Crippen LogP contribution in [-0.4, -0.2) is 0 Å². The van der Waals surface area contributed by atoms with Gasteiger partial charge < -0.3 is 0 Å². The third kappa shape index (κ3) is 3.48. The average molecular weight is 236 g/mol. The maximum atomic E-state index is 2.46. The van der Waals surface area contributed by atoms with Crippen molar-refractivity contribution in [3.63, 3.8) is 0 Å². The van der Waals surface area contributed by atoms with Crippen molar-refractivity contribution in [1.82, 2.24) is 0 Å². The zero-order valence-electron chi connectivity index (χ0n) is 12.4. The van der Waals surface area contributed by atoms with Crippen molar-refractivity contribution < 1.29 is 0 Å². The van der Waals surface area contributed by atoms with E-state index in [9.17, 15) is 0 Å². The van der Waals surface area contributed by atoms with Crippen molar-refractivity contribution in [3.8, 4) is 0 Å². The Morgan fingerprint density at radius 1 is 0.765 bits per heavy atom. The summed E-state index contributed by atoms with van der Waals surface area (Å²) in [5.41, 5.74) is 1.30. The van der Waals surface area contributed by atoms with Gasteiger partial charge in [0.1, 0.15) is 0 Å². The number of hydrogen-bond acceptors (Lipinski definition) is 0. The quantitative estimate of drug-likeness (QED) is 0.487. The fraction of sp³-hybridized carbons (Fsp3) is 1.00. The maximum Gasteiger partial charge on any atom is -0.0295 e. The lowest BCUT2D eigenvalue weighted by Crippen LogP contribution is -2.35. The fourth-order valence-electron chi connectivity index (χ4n) is 4.30. The molecule has 0 aliphatic heterocycles. The zero-order valence-corrected chi connectivity index (χ0v) is 12.4. The van der Waals surface area contributed by atoms with Gasteiger partial charge in [-0.3, -0.25) is 0 Å². The molecular formula is C17H32. The Morgan fingerprint density at radius 3 is 1.88 bits per heavy atom. The summed E-state index contributed by atoms with van der Waals surface area (Å²) >= 11 is 0. The van der Waals surface area contributed by atoms with E-state index in [1.807, 2.05) is 0 Å². The van der Waals surface area contributed by atoms with Gasteiger partial charge in [0.15, 0.2) is 0 Å². The van der Waals surface area contributed by atoms with Gasteiger partial charge in [-0.1, -0.05) is 59.3 Å². The molecule has 2 rings (SSSR count). The van der Waals surface area contributed by atoms with Crippen molar-refractivity contribution >= 4 is 0 Å². The Morgan fingerprint density at radius 2 is 1.29 bits per heavy atom. The van der Waals surface area contributed by atoms with Crippen LogP contribution in [0.3, 0.4) is 0 Å². The third-order valence-corrected chi connectivity index (χ3v) is 5.58. The Hall–Kier alpha value is 0. The van der Waals surface area contributed by atoms with Crippen LogP contribution >= 0.6 is 0 Å². The van der Waals surface area contributed by atoms with E-state index in [4.69, 9.17) is 0 Å². The minimum absolute atomic E-state index is 0.537. The molecule has 0 aromatic rings. The minimum atomic E-state index is 0.537. The van der Waals surface area contributed by atoms with Crippen LogP contribution < -0.4 is 0 Å². The molecule has 2 aliphatic carbocycles. The van der Waals surface area contributed by atoms with Gasteiger partial charge >= 0.3 is 0 Å². The molecule has 1 unspecified atom stereocenters. The first-order chi connectivity index (χ1) is 8.02. The largest absolute Gasteiger partial charge is 0.0599 e. The van der Waals surface area contributed by atoms with Gasteiger partial charge in [0.25, 0.3) is 0 Å². The Kier molecular flexibility index (Phi) is 4.21. The van der Waals surface area contributed by atoms with Gasteiger partial charge in [-0.25, -0.2) is 0 Å². The number of rotatable bonds is 0. The van der Waals surface area contributed by atoms with E-state index in [2.05, 4.69) is 20.8 Å². The van der Waals surface area contributed by atoms with Crippen LogP contribution in [0.5, 0.6) is 0 Å². The molecule has 0 heteroatoms. The van der Waals surface area contributed by atoms with Crippen molar-refractivity contribution in [2.75, 3.05) is 0 Å². The summed E-state index contributed by atoms with van der Waals surface area (Å²) < 4.78 is 0. The highest BCUT2D eigenvalue weighted by atomic mass is 14.4. The predicted molar refractivity (Wildman–Crippen MR) is 76.2 cm³/mol. The molecule has 2 aliphatic rings. The molecule has 0 saturated heterocycles. The molecule has 0 nitrogen and oxygen atoms in total. The van der Waals surface area contributed by atoms with Crippen LogP contribution in [0.2, 0.25) is 0 Å². The van der Waals surface area contributed by atoms with Crippen molar-refractivity contribution in [2.45, 2.75) is 91.4 Å². The first kappa shape index (κ1) is 13.4. The SMILES string of the molecule is CC(C)(C)C1CCCC2(CCCCCCC2)C1. The van der Waals surface area contributed by atoms with E-state index in [0.29, 0.717) is 5.41 Å². The Labute approximate surface area is 109 Å². The molecule has 0 amide bonds. The van der Waals surface area contributed by atoms with E-state index in [0.717, 1.165) is 11.3 Å². The molecule has 0 aromatic carbocycles. The molecule has 100 valence electrons. The third-order valence-electron chi connectivity index (χ3n) is 5.58. The van der Waals surface area contributed by atoms with Gasteiger partial charge in [-0.05, 0) is 48.9 Å². The van der Waals surface area contributed by atoms with Crippen LogP contribution in [0.25, 0.3) is 0 Å². The van der Waals surface area contributed by atoms with Crippen LogP contribution in [0.1, 0.15) is 91.4 Å². The Bertz CT molecular complexity index is 225. The Balaban J connectivity index is 2.02. The standard InChI is InChI=1S/C17H32/c1-16(2,3)15-10-9-13-17(14-15)11-7-5-4-6-8-12-17/h15H,4-14H2,1-3H3. The smallest absolute Gasteiger partial charge is 0.0295 e. The predicted octanol–water partition coefficient (Wildman–Crippen LogP) is 5.95. The van der Waals surface area contributed by atoms with E-state index < -0.39 is 0 Å². The summed E-state index contributed by atoms with van der Waals surface area (Å²) in [6.45, 7) is 7.37. The molecule has 2 saturated carbocycles. The lowest BCUT2D eigenvalue weighted by atomic mass is 9.59. The van der Waals surface area contributed by atoms with Crippen molar-refractivity contribution in [1.29, 1.82) is 0 Å². The number of hydrogen-bond donors (Lipinski definition) is 0. The molecular weight excluding hydrogens is 204 g/mol. The summed E-state index contributed by atoms with van der Waals surface area (Å²) in [6.07, 6.45) is 16.7. The second-order valence-corrected chi connectivity index (χ2v) is 7.93. The molecule has 0 heterocycles. The maximum absolute atomic E-state index is 2.46. The van der Waals surface area contributed by atoms with Crippen LogP contribution in [0, 0.1) is 16.7 Å². The first-order valence-electron chi connectivity index (χ1n) is 8.02. The first-order valence-corrected chi connectivity index (χ1v) is 8.02.